The summed E-state index contributed by atoms with van der Waals surface area (Å²) >= 11 is 0. The van der Waals surface area contributed by atoms with Gasteiger partial charge in [-0.2, -0.15) is 0 Å². The van der Waals surface area contributed by atoms with Crippen LogP contribution in [-0.4, -0.2) is 17.6 Å². The highest BCUT2D eigenvalue weighted by atomic mass is 16.5. The molecular formula is C20H19NO4. The third-order valence-electron chi connectivity index (χ3n) is 3.78. The molecule has 128 valence electrons. The van der Waals surface area contributed by atoms with Crippen molar-refractivity contribution in [3.05, 3.63) is 89.9 Å². The summed E-state index contributed by atoms with van der Waals surface area (Å²) in [4.78, 5) is 12.5. The number of nitrogens with one attached hydrogen (secondary N) is 1. The number of hydrogen-bond donors (Lipinski definition) is 2. The van der Waals surface area contributed by atoms with Crippen molar-refractivity contribution in [3.63, 3.8) is 0 Å². The van der Waals surface area contributed by atoms with Gasteiger partial charge < -0.3 is 19.6 Å². The van der Waals surface area contributed by atoms with Crippen LogP contribution in [0, 0.1) is 0 Å². The quantitative estimate of drug-likeness (QED) is 0.694. The molecule has 0 aliphatic heterocycles. The van der Waals surface area contributed by atoms with Crippen LogP contribution in [0.5, 0.6) is 5.75 Å². The van der Waals surface area contributed by atoms with Gasteiger partial charge in [-0.25, -0.2) is 0 Å². The molecule has 3 rings (SSSR count). The van der Waals surface area contributed by atoms with E-state index >= 15 is 0 Å². The second-order valence-electron chi connectivity index (χ2n) is 5.50. The maximum atomic E-state index is 12.5. The zero-order chi connectivity index (χ0) is 17.5. The molecule has 0 saturated heterocycles. The Bertz CT molecular complexity index is 799. The van der Waals surface area contributed by atoms with Gasteiger partial charge in [0.1, 0.15) is 12.4 Å². The molecule has 5 nitrogen and oxygen atoms in total. The second-order valence-corrected chi connectivity index (χ2v) is 5.50. The molecule has 25 heavy (non-hydrogen) atoms. The molecule has 0 bridgehead atoms. The van der Waals surface area contributed by atoms with Crippen molar-refractivity contribution < 1.29 is 19.1 Å². The zero-order valence-electron chi connectivity index (χ0n) is 13.6. The number of ether oxygens (including phenoxy) is 1. The summed E-state index contributed by atoms with van der Waals surface area (Å²) in [5.74, 6) is 0.512. The van der Waals surface area contributed by atoms with E-state index in [9.17, 15) is 9.90 Å². The van der Waals surface area contributed by atoms with E-state index in [4.69, 9.17) is 9.15 Å². The Hall–Kier alpha value is -3.05. The SMILES string of the molecule is O=C(N[C@H](CO)c1ccccc1)c1occc1COc1ccccc1. The van der Waals surface area contributed by atoms with Crippen molar-refractivity contribution in [1.82, 2.24) is 5.32 Å². The normalized spacial score (nSPS) is 11.7. The molecule has 0 radical (unpaired) electrons. The Morgan fingerprint density at radius 3 is 2.40 bits per heavy atom. The van der Waals surface area contributed by atoms with Crippen LogP contribution in [0.4, 0.5) is 0 Å². The van der Waals surface area contributed by atoms with Crippen LogP contribution in [0.15, 0.2) is 77.4 Å². The van der Waals surface area contributed by atoms with Crippen LogP contribution >= 0.6 is 0 Å². The lowest BCUT2D eigenvalue weighted by Crippen LogP contribution is -2.31. The molecule has 0 aliphatic carbocycles. The summed E-state index contributed by atoms with van der Waals surface area (Å²) in [6.45, 7) is 0.0186. The number of hydrogen-bond acceptors (Lipinski definition) is 4. The van der Waals surface area contributed by atoms with E-state index < -0.39 is 6.04 Å². The Labute approximate surface area is 145 Å². The molecule has 1 amide bonds. The fraction of sp³-hybridized carbons (Fsp3) is 0.150. The first-order valence-corrected chi connectivity index (χ1v) is 7.99. The van der Waals surface area contributed by atoms with Crippen LogP contribution < -0.4 is 10.1 Å². The maximum absolute atomic E-state index is 12.5. The number of benzene rings is 2. The third kappa shape index (κ3) is 4.28. The Morgan fingerprint density at radius 1 is 1.04 bits per heavy atom. The van der Waals surface area contributed by atoms with Crippen LogP contribution in [0.3, 0.4) is 0 Å². The Morgan fingerprint density at radius 2 is 1.72 bits per heavy atom. The summed E-state index contributed by atoms with van der Waals surface area (Å²) in [6, 6.07) is 19.9. The average molecular weight is 337 g/mol. The fourth-order valence-corrected chi connectivity index (χ4v) is 2.47. The minimum atomic E-state index is -0.498. The molecule has 2 aromatic carbocycles. The predicted molar refractivity (Wildman–Crippen MR) is 93.2 cm³/mol. The van der Waals surface area contributed by atoms with Gasteiger partial charge in [-0.3, -0.25) is 4.79 Å². The summed E-state index contributed by atoms with van der Waals surface area (Å²) in [5, 5.41) is 12.4. The van der Waals surface area contributed by atoms with Gasteiger partial charge in [0.2, 0.25) is 0 Å². The third-order valence-corrected chi connectivity index (χ3v) is 3.78. The number of aliphatic hydroxyl groups is 1. The van der Waals surface area contributed by atoms with Crippen LogP contribution in [0.25, 0.3) is 0 Å². The van der Waals surface area contributed by atoms with Gasteiger partial charge in [-0.05, 0) is 23.8 Å². The van der Waals surface area contributed by atoms with Crippen molar-refractivity contribution in [2.75, 3.05) is 6.61 Å². The standard InChI is InChI=1S/C20H19NO4/c22-13-18(15-7-3-1-4-8-15)21-20(23)19-16(11-12-24-19)14-25-17-9-5-2-6-10-17/h1-12,18,22H,13-14H2,(H,21,23)/t18-/m1/s1. The first-order chi connectivity index (χ1) is 12.3. The van der Waals surface area contributed by atoms with Crippen molar-refractivity contribution in [1.29, 1.82) is 0 Å². The van der Waals surface area contributed by atoms with E-state index in [0.717, 1.165) is 5.56 Å². The maximum Gasteiger partial charge on any atom is 0.287 e. The van der Waals surface area contributed by atoms with Crippen molar-refractivity contribution in [2.45, 2.75) is 12.6 Å². The zero-order valence-corrected chi connectivity index (χ0v) is 13.6. The summed E-state index contributed by atoms with van der Waals surface area (Å²) < 4.78 is 11.0. The molecule has 5 heteroatoms. The van der Waals surface area contributed by atoms with E-state index in [0.29, 0.717) is 11.3 Å². The smallest absolute Gasteiger partial charge is 0.287 e. The van der Waals surface area contributed by atoms with Crippen LogP contribution in [-0.2, 0) is 6.61 Å². The molecule has 0 unspecified atom stereocenters. The molecule has 0 spiro atoms. The molecule has 0 fully saturated rings. The summed E-state index contributed by atoms with van der Waals surface area (Å²) in [5.41, 5.74) is 1.47. The van der Waals surface area contributed by atoms with E-state index in [-0.39, 0.29) is 24.9 Å². The number of rotatable bonds is 7. The Kier molecular flexibility index (Phi) is 5.49. The van der Waals surface area contributed by atoms with Crippen LogP contribution in [0.1, 0.15) is 27.7 Å². The molecule has 0 saturated carbocycles. The van der Waals surface area contributed by atoms with E-state index in [1.807, 2.05) is 60.7 Å². The highest BCUT2D eigenvalue weighted by Crippen LogP contribution is 2.18. The molecular weight excluding hydrogens is 318 g/mol. The number of aliphatic hydroxyl groups excluding tert-OH is 1. The number of para-hydroxylation sites is 1. The number of carbonyl (C=O) groups excluding carboxylic acids is 1. The van der Waals surface area contributed by atoms with Gasteiger partial charge in [-0.1, -0.05) is 48.5 Å². The molecule has 1 heterocycles. The predicted octanol–water partition coefficient (Wildman–Crippen LogP) is 3.32. The first kappa shape index (κ1) is 16.8. The van der Waals surface area contributed by atoms with E-state index in [1.54, 1.807) is 6.07 Å². The average Bonchev–Trinajstić information content (AvgIpc) is 3.14. The first-order valence-electron chi connectivity index (χ1n) is 7.99. The number of amides is 1. The Balaban J connectivity index is 1.67. The van der Waals surface area contributed by atoms with Gasteiger partial charge in [0.25, 0.3) is 5.91 Å². The largest absolute Gasteiger partial charge is 0.489 e. The molecule has 1 aromatic heterocycles. The monoisotopic (exact) mass is 337 g/mol. The highest BCUT2D eigenvalue weighted by molar-refractivity contribution is 5.93. The van der Waals surface area contributed by atoms with Gasteiger partial charge in [0.05, 0.1) is 18.9 Å². The minimum absolute atomic E-state index is 0.185. The molecule has 3 aromatic rings. The van der Waals surface area contributed by atoms with Crippen molar-refractivity contribution >= 4 is 5.91 Å². The van der Waals surface area contributed by atoms with E-state index in [2.05, 4.69) is 5.32 Å². The van der Waals surface area contributed by atoms with Crippen LogP contribution in [0.2, 0.25) is 0 Å². The van der Waals surface area contributed by atoms with Gasteiger partial charge in [0.15, 0.2) is 5.76 Å². The van der Waals surface area contributed by atoms with Gasteiger partial charge in [0, 0.05) is 5.56 Å². The summed E-state index contributed by atoms with van der Waals surface area (Å²) in [7, 11) is 0. The van der Waals surface area contributed by atoms with E-state index in [1.165, 1.54) is 6.26 Å². The number of carbonyl (C=O) groups is 1. The minimum Gasteiger partial charge on any atom is -0.489 e. The lowest BCUT2D eigenvalue weighted by Gasteiger charge is -2.16. The molecule has 2 N–H and O–H groups in total. The lowest BCUT2D eigenvalue weighted by molar-refractivity contribution is 0.0884. The van der Waals surface area contributed by atoms with Gasteiger partial charge in [-0.15, -0.1) is 0 Å². The number of furan rings is 1. The topological polar surface area (TPSA) is 71.7 Å². The van der Waals surface area contributed by atoms with Crippen molar-refractivity contribution in [3.8, 4) is 5.75 Å². The fourth-order valence-electron chi connectivity index (χ4n) is 2.47. The molecule has 0 aliphatic rings. The summed E-state index contributed by atoms with van der Waals surface area (Å²) in [6.07, 6.45) is 1.45. The highest BCUT2D eigenvalue weighted by Gasteiger charge is 2.20. The lowest BCUT2D eigenvalue weighted by atomic mass is 10.1. The van der Waals surface area contributed by atoms with Crippen molar-refractivity contribution in [2.24, 2.45) is 0 Å². The second kappa shape index (κ2) is 8.17. The molecule has 1 atom stereocenters. The van der Waals surface area contributed by atoms with Gasteiger partial charge >= 0.3 is 0 Å².